The quantitative estimate of drug-likeness (QED) is 0.256. The number of carbonyl (C=O) groups is 1. The summed E-state index contributed by atoms with van der Waals surface area (Å²) < 4.78 is 0. The van der Waals surface area contributed by atoms with Crippen LogP contribution in [0.2, 0.25) is 0 Å². The van der Waals surface area contributed by atoms with Crippen molar-refractivity contribution in [2.24, 2.45) is 0 Å². The highest BCUT2D eigenvalue weighted by atomic mass is 16.3. The van der Waals surface area contributed by atoms with Crippen molar-refractivity contribution in [2.45, 2.75) is 0 Å². The average molecular weight is 354 g/mol. The van der Waals surface area contributed by atoms with Crippen LogP contribution in [0.1, 0.15) is 11.1 Å². The Labute approximate surface area is 156 Å². The number of hydrogen-bond acceptors (Lipinski definition) is 2. The van der Waals surface area contributed by atoms with Gasteiger partial charge in [-0.2, -0.15) is 0 Å². The van der Waals surface area contributed by atoms with E-state index >= 15 is 0 Å². The van der Waals surface area contributed by atoms with Crippen LogP contribution >= 0.6 is 0 Å². The van der Waals surface area contributed by atoms with Gasteiger partial charge in [0.15, 0.2) is 5.78 Å². The second-order valence-corrected chi connectivity index (χ2v) is 6.22. The van der Waals surface area contributed by atoms with Gasteiger partial charge in [0.05, 0.1) is 0 Å². The van der Waals surface area contributed by atoms with Gasteiger partial charge in [-0.05, 0) is 47.6 Å². The zero-order valence-electron chi connectivity index (χ0n) is 14.5. The number of aromatic nitrogens is 2. The molecule has 0 aliphatic carbocycles. The van der Waals surface area contributed by atoms with E-state index in [1.165, 1.54) is 18.2 Å². The van der Waals surface area contributed by atoms with Crippen LogP contribution < -0.4 is 0 Å². The number of H-pyrrole nitrogens is 2. The first-order valence-electron chi connectivity index (χ1n) is 8.64. The zero-order valence-corrected chi connectivity index (χ0v) is 14.5. The van der Waals surface area contributed by atoms with Gasteiger partial charge in [-0.25, -0.2) is 0 Å². The number of ketones is 1. The molecular formula is C23H18N2O2. The normalized spacial score (nSPS) is 12.7. The minimum atomic E-state index is -0.277. The van der Waals surface area contributed by atoms with Crippen LogP contribution in [0.15, 0.2) is 84.9 Å². The molecule has 132 valence electrons. The third kappa shape index (κ3) is 3.60. The summed E-state index contributed by atoms with van der Waals surface area (Å²) in [4.78, 5) is 18.4. The van der Waals surface area contributed by atoms with Crippen molar-refractivity contribution in [1.82, 2.24) is 9.97 Å². The number of para-hydroxylation sites is 2. The molecule has 0 saturated carbocycles. The van der Waals surface area contributed by atoms with Gasteiger partial charge in [-0.1, -0.05) is 36.4 Å². The number of nitrogens with one attached hydrogen (secondary N) is 2. The van der Waals surface area contributed by atoms with E-state index in [0.717, 1.165) is 32.9 Å². The highest BCUT2D eigenvalue weighted by molar-refractivity contribution is 6.04. The van der Waals surface area contributed by atoms with E-state index in [4.69, 9.17) is 0 Å². The number of benzene rings is 2. The standard InChI is InChI=1S/C23H18N2O2/c26-18(11-9-16-14-24-22-7-3-1-5-20(16)22)13-19(27)12-10-17-15-25-23-8-4-2-6-21(17)23/h1-15,24-26H/b11-9+,12-10+,18-13-. The average Bonchev–Trinajstić information content (AvgIpc) is 3.29. The van der Waals surface area contributed by atoms with Gasteiger partial charge in [-0.3, -0.25) is 4.79 Å². The van der Waals surface area contributed by atoms with Gasteiger partial charge < -0.3 is 15.1 Å². The molecule has 4 rings (SSSR count). The van der Waals surface area contributed by atoms with E-state index in [9.17, 15) is 9.90 Å². The van der Waals surface area contributed by atoms with Crippen LogP contribution in [0.5, 0.6) is 0 Å². The molecule has 0 aliphatic rings. The van der Waals surface area contributed by atoms with Crippen molar-refractivity contribution in [1.29, 1.82) is 0 Å². The number of aliphatic hydroxyl groups is 1. The molecule has 27 heavy (non-hydrogen) atoms. The van der Waals surface area contributed by atoms with E-state index in [1.54, 1.807) is 12.2 Å². The Morgan fingerprint density at radius 3 is 1.89 bits per heavy atom. The topological polar surface area (TPSA) is 68.9 Å². The fourth-order valence-electron chi connectivity index (χ4n) is 3.05. The summed E-state index contributed by atoms with van der Waals surface area (Å²) in [5, 5.41) is 12.1. The van der Waals surface area contributed by atoms with Gasteiger partial charge in [-0.15, -0.1) is 0 Å². The lowest BCUT2D eigenvalue weighted by Gasteiger charge is -1.93. The summed E-state index contributed by atoms with van der Waals surface area (Å²) in [6.07, 6.45) is 11.4. The van der Waals surface area contributed by atoms with Crippen LogP contribution in [0, 0.1) is 0 Å². The maximum Gasteiger partial charge on any atom is 0.182 e. The van der Waals surface area contributed by atoms with E-state index in [1.807, 2.05) is 60.9 Å². The fraction of sp³-hybridized carbons (Fsp3) is 0. The van der Waals surface area contributed by atoms with Crippen molar-refractivity contribution < 1.29 is 9.90 Å². The number of allylic oxidation sites excluding steroid dienone is 3. The van der Waals surface area contributed by atoms with Crippen molar-refractivity contribution in [3.63, 3.8) is 0 Å². The van der Waals surface area contributed by atoms with Gasteiger partial charge >= 0.3 is 0 Å². The van der Waals surface area contributed by atoms with Crippen LogP contribution in [0.4, 0.5) is 0 Å². The highest BCUT2D eigenvalue weighted by Gasteiger charge is 2.01. The first-order chi connectivity index (χ1) is 13.2. The Hall–Kier alpha value is -3.79. The molecule has 0 fully saturated rings. The number of aromatic amines is 2. The van der Waals surface area contributed by atoms with Crippen LogP contribution in [0.3, 0.4) is 0 Å². The Kier molecular flexibility index (Phi) is 4.45. The molecule has 0 unspecified atom stereocenters. The van der Waals surface area contributed by atoms with E-state index in [-0.39, 0.29) is 11.5 Å². The van der Waals surface area contributed by atoms with Crippen LogP contribution in [-0.2, 0) is 4.79 Å². The maximum absolute atomic E-state index is 12.1. The third-order valence-corrected chi connectivity index (χ3v) is 4.39. The molecule has 0 aliphatic heterocycles. The van der Waals surface area contributed by atoms with E-state index < -0.39 is 0 Å². The molecule has 4 nitrogen and oxygen atoms in total. The molecule has 4 aromatic rings. The molecular weight excluding hydrogens is 336 g/mol. The zero-order chi connectivity index (χ0) is 18.6. The molecule has 0 bridgehead atoms. The predicted molar refractivity (Wildman–Crippen MR) is 110 cm³/mol. The molecule has 2 heterocycles. The first-order valence-corrected chi connectivity index (χ1v) is 8.64. The predicted octanol–water partition coefficient (Wildman–Crippen LogP) is 5.39. The summed E-state index contributed by atoms with van der Waals surface area (Å²) in [5.41, 5.74) is 3.93. The molecule has 0 spiro atoms. The summed E-state index contributed by atoms with van der Waals surface area (Å²) >= 11 is 0. The SMILES string of the molecule is O=C(/C=C(O)/C=C/c1c[nH]c2ccccc12)/C=C/c1c[nH]c2ccccc12. The number of fused-ring (bicyclic) bond motifs is 2. The van der Waals surface area contributed by atoms with Gasteiger partial charge in [0, 0.05) is 40.3 Å². The molecule has 2 aromatic carbocycles. The summed E-state index contributed by atoms with van der Waals surface area (Å²) in [6.45, 7) is 0. The van der Waals surface area contributed by atoms with E-state index in [2.05, 4.69) is 9.97 Å². The van der Waals surface area contributed by atoms with Crippen LogP contribution in [-0.4, -0.2) is 20.9 Å². The molecule has 4 heteroatoms. The lowest BCUT2D eigenvalue weighted by Crippen LogP contribution is -1.88. The monoisotopic (exact) mass is 354 g/mol. The minimum absolute atomic E-state index is 0.0890. The Bertz CT molecular complexity index is 1210. The second kappa shape index (κ2) is 7.22. The summed E-state index contributed by atoms with van der Waals surface area (Å²) in [7, 11) is 0. The van der Waals surface area contributed by atoms with Crippen molar-refractivity contribution in [2.75, 3.05) is 0 Å². The fourth-order valence-corrected chi connectivity index (χ4v) is 3.05. The lowest BCUT2D eigenvalue weighted by atomic mass is 10.1. The lowest BCUT2D eigenvalue weighted by molar-refractivity contribution is -0.110. The molecule has 0 amide bonds. The van der Waals surface area contributed by atoms with Crippen molar-refractivity contribution in [3.05, 3.63) is 96.0 Å². The Balaban J connectivity index is 1.48. The van der Waals surface area contributed by atoms with Crippen molar-refractivity contribution >= 4 is 39.7 Å². The Morgan fingerprint density at radius 2 is 1.30 bits per heavy atom. The minimum Gasteiger partial charge on any atom is -0.508 e. The summed E-state index contributed by atoms with van der Waals surface area (Å²) in [6, 6.07) is 15.8. The maximum atomic E-state index is 12.1. The molecule has 0 saturated heterocycles. The molecule has 0 radical (unpaired) electrons. The first kappa shape index (κ1) is 16.7. The Morgan fingerprint density at radius 1 is 0.778 bits per heavy atom. The van der Waals surface area contributed by atoms with Gasteiger partial charge in [0.2, 0.25) is 0 Å². The van der Waals surface area contributed by atoms with Crippen molar-refractivity contribution in [3.8, 4) is 0 Å². The number of carbonyl (C=O) groups excluding carboxylic acids is 1. The number of aliphatic hydroxyl groups excluding tert-OH is 1. The molecule has 2 aromatic heterocycles. The molecule has 3 N–H and O–H groups in total. The van der Waals surface area contributed by atoms with Gasteiger partial charge in [0.25, 0.3) is 0 Å². The molecule has 0 atom stereocenters. The largest absolute Gasteiger partial charge is 0.508 e. The summed E-state index contributed by atoms with van der Waals surface area (Å²) in [5.74, 6) is -0.366. The second-order valence-electron chi connectivity index (χ2n) is 6.22. The third-order valence-electron chi connectivity index (χ3n) is 4.39. The number of rotatable bonds is 5. The number of hydrogen-bond donors (Lipinski definition) is 3. The van der Waals surface area contributed by atoms with E-state index in [0.29, 0.717) is 0 Å². The highest BCUT2D eigenvalue weighted by Crippen LogP contribution is 2.20. The van der Waals surface area contributed by atoms with Gasteiger partial charge in [0.1, 0.15) is 5.76 Å². The van der Waals surface area contributed by atoms with Crippen LogP contribution in [0.25, 0.3) is 34.0 Å². The smallest absolute Gasteiger partial charge is 0.182 e.